The van der Waals surface area contributed by atoms with E-state index < -0.39 is 17.5 Å². The van der Waals surface area contributed by atoms with Crippen molar-refractivity contribution in [1.29, 1.82) is 5.26 Å². The topological polar surface area (TPSA) is 146 Å². The number of phenolic OH excluding ortho intramolecular Hbond substituents is 1. The molecule has 1 aliphatic heterocycles. The quantitative estimate of drug-likeness (QED) is 0.524. The molecule has 1 fully saturated rings. The fourth-order valence-electron chi connectivity index (χ4n) is 3.83. The number of piperidine rings is 1. The molecule has 1 aromatic carbocycles. The normalized spacial score (nSPS) is 15.7. The van der Waals surface area contributed by atoms with Crippen molar-refractivity contribution in [3.05, 3.63) is 40.0 Å². The summed E-state index contributed by atoms with van der Waals surface area (Å²) in [6.45, 7) is 3.86. The fraction of sp³-hybridized carbons (Fsp3) is 0.429. The highest BCUT2D eigenvalue weighted by Crippen LogP contribution is 2.35. The van der Waals surface area contributed by atoms with Crippen LogP contribution in [0.4, 0.5) is 10.6 Å². The molecular formula is C21H25BrN6O4. The second-order valence-corrected chi connectivity index (χ2v) is 8.52. The monoisotopic (exact) mass is 504 g/mol. The molecule has 170 valence electrons. The summed E-state index contributed by atoms with van der Waals surface area (Å²) in [5.74, 6) is -0.529. The van der Waals surface area contributed by atoms with Crippen molar-refractivity contribution in [2.24, 2.45) is 5.73 Å². The lowest BCUT2D eigenvalue weighted by Gasteiger charge is -2.40. The van der Waals surface area contributed by atoms with Gasteiger partial charge in [0, 0.05) is 25.8 Å². The van der Waals surface area contributed by atoms with Crippen LogP contribution in [0.3, 0.4) is 0 Å². The van der Waals surface area contributed by atoms with Crippen molar-refractivity contribution in [3.8, 4) is 11.8 Å². The number of nitrogens with one attached hydrogen (secondary N) is 1. The van der Waals surface area contributed by atoms with Crippen molar-refractivity contribution in [3.63, 3.8) is 0 Å². The molecule has 11 heteroatoms. The summed E-state index contributed by atoms with van der Waals surface area (Å²) in [5.41, 5.74) is 5.88. The molecule has 0 atom stereocenters. The highest BCUT2D eigenvalue weighted by molar-refractivity contribution is 9.10. The summed E-state index contributed by atoms with van der Waals surface area (Å²) in [5, 5.41) is 26.2. The van der Waals surface area contributed by atoms with Crippen molar-refractivity contribution < 1.29 is 19.4 Å². The Morgan fingerprint density at radius 1 is 1.41 bits per heavy atom. The minimum atomic E-state index is -0.734. The molecule has 4 N–H and O–H groups in total. The average Bonchev–Trinajstić information content (AvgIpc) is 3.17. The van der Waals surface area contributed by atoms with E-state index in [0.29, 0.717) is 36.9 Å². The third-order valence-electron chi connectivity index (χ3n) is 5.57. The van der Waals surface area contributed by atoms with Crippen molar-refractivity contribution in [1.82, 2.24) is 14.7 Å². The Morgan fingerprint density at radius 2 is 2.12 bits per heavy atom. The third kappa shape index (κ3) is 5.20. The summed E-state index contributed by atoms with van der Waals surface area (Å²) in [6.07, 6.45) is 2.17. The number of halogens is 1. The van der Waals surface area contributed by atoms with Crippen LogP contribution >= 0.6 is 15.9 Å². The lowest BCUT2D eigenvalue weighted by molar-refractivity contribution is 0.0966. The van der Waals surface area contributed by atoms with Gasteiger partial charge in [-0.1, -0.05) is 6.07 Å². The van der Waals surface area contributed by atoms with Gasteiger partial charge >= 0.3 is 6.09 Å². The van der Waals surface area contributed by atoms with E-state index in [2.05, 4.69) is 37.3 Å². The van der Waals surface area contributed by atoms with E-state index in [4.69, 9.17) is 10.5 Å². The maximum atomic E-state index is 11.9. The Bertz CT molecular complexity index is 1040. The fourth-order valence-corrected chi connectivity index (χ4v) is 4.08. The van der Waals surface area contributed by atoms with Gasteiger partial charge in [-0.25, -0.2) is 4.79 Å². The number of aromatic hydroxyl groups is 1. The number of nitrogens with zero attached hydrogens (tertiary/aromatic N) is 4. The van der Waals surface area contributed by atoms with Crippen LogP contribution in [0.5, 0.6) is 5.75 Å². The van der Waals surface area contributed by atoms with Gasteiger partial charge in [0.2, 0.25) is 0 Å². The van der Waals surface area contributed by atoms with Crippen LogP contribution in [0.25, 0.3) is 0 Å². The summed E-state index contributed by atoms with van der Waals surface area (Å²) >= 11 is 3.28. The van der Waals surface area contributed by atoms with E-state index in [1.165, 1.54) is 6.20 Å². The number of carbonyl (C=O) groups is 2. The van der Waals surface area contributed by atoms with Crippen LogP contribution in [0.15, 0.2) is 28.9 Å². The average molecular weight is 505 g/mol. The maximum absolute atomic E-state index is 11.9. The first-order valence-corrected chi connectivity index (χ1v) is 11.0. The van der Waals surface area contributed by atoms with E-state index in [-0.39, 0.29) is 30.2 Å². The van der Waals surface area contributed by atoms with Crippen LogP contribution in [-0.4, -0.2) is 51.5 Å². The number of ether oxygens (including phenoxy) is 1. The molecule has 1 aromatic heterocycles. The first kappa shape index (κ1) is 23.6. The first-order valence-electron chi connectivity index (χ1n) is 10.2. The number of benzene rings is 1. The number of carbonyl (C=O) groups excluding carboxylic acids is 2. The second kappa shape index (κ2) is 10.0. The summed E-state index contributed by atoms with van der Waals surface area (Å²) < 4.78 is 7.09. The van der Waals surface area contributed by atoms with E-state index in [9.17, 15) is 20.0 Å². The predicted octanol–water partition coefficient (Wildman–Crippen LogP) is 2.92. The highest BCUT2D eigenvalue weighted by atomic mass is 79.9. The zero-order chi connectivity index (χ0) is 23.3. The zero-order valence-corrected chi connectivity index (χ0v) is 19.3. The molecule has 0 saturated carbocycles. The molecule has 1 saturated heterocycles. The number of likely N-dealkylation sites (tertiary alicyclic amines) is 1. The number of hydrogen-bond donors (Lipinski definition) is 3. The molecule has 0 radical (unpaired) electrons. The molecule has 2 amide bonds. The number of aromatic nitrogens is 2. The summed E-state index contributed by atoms with van der Waals surface area (Å²) in [7, 11) is 0. The molecule has 2 heterocycles. The van der Waals surface area contributed by atoms with E-state index >= 15 is 0 Å². The molecule has 0 bridgehead atoms. The molecule has 0 aliphatic carbocycles. The van der Waals surface area contributed by atoms with Gasteiger partial charge < -0.3 is 15.6 Å². The highest BCUT2D eigenvalue weighted by Gasteiger charge is 2.38. The molecule has 10 nitrogen and oxygen atoms in total. The Labute approximate surface area is 194 Å². The predicted molar refractivity (Wildman–Crippen MR) is 120 cm³/mol. The summed E-state index contributed by atoms with van der Waals surface area (Å²) in [4.78, 5) is 26.0. The first-order chi connectivity index (χ1) is 15.3. The van der Waals surface area contributed by atoms with E-state index in [1.807, 2.05) is 12.1 Å². The van der Waals surface area contributed by atoms with Gasteiger partial charge in [-0.15, -0.1) is 0 Å². The Morgan fingerprint density at radius 3 is 2.72 bits per heavy atom. The van der Waals surface area contributed by atoms with Crippen LogP contribution in [0.2, 0.25) is 0 Å². The molecule has 0 spiro atoms. The van der Waals surface area contributed by atoms with Gasteiger partial charge in [0.1, 0.15) is 11.3 Å². The van der Waals surface area contributed by atoms with Gasteiger partial charge in [-0.3, -0.25) is 19.7 Å². The van der Waals surface area contributed by atoms with Gasteiger partial charge in [-0.05, 0) is 53.4 Å². The second-order valence-electron chi connectivity index (χ2n) is 7.67. The number of phenols is 1. The SMILES string of the molecule is CCOC(=O)Nc1nn(C2(CC#N)CCN(Cc3ccc(Br)c(O)c3)CC2)cc1C(N)=O. The maximum Gasteiger partial charge on any atom is 0.412 e. The lowest BCUT2D eigenvalue weighted by atomic mass is 9.84. The molecule has 32 heavy (non-hydrogen) atoms. The Hall–Kier alpha value is -3.10. The number of primary amides is 1. The van der Waals surface area contributed by atoms with Crippen LogP contribution in [0.1, 0.15) is 42.1 Å². The van der Waals surface area contributed by atoms with Gasteiger partial charge in [-0.2, -0.15) is 10.4 Å². The van der Waals surface area contributed by atoms with Crippen molar-refractivity contribution in [2.45, 2.75) is 38.3 Å². The zero-order valence-electron chi connectivity index (χ0n) is 17.7. The van der Waals surface area contributed by atoms with Crippen LogP contribution < -0.4 is 11.1 Å². The summed E-state index contributed by atoms with van der Waals surface area (Å²) in [6, 6.07) is 7.70. The van der Waals surface area contributed by atoms with Crippen molar-refractivity contribution in [2.75, 3.05) is 25.0 Å². The smallest absolute Gasteiger partial charge is 0.412 e. The Balaban J connectivity index is 1.79. The van der Waals surface area contributed by atoms with Gasteiger partial charge in [0.15, 0.2) is 5.82 Å². The number of rotatable bonds is 7. The van der Waals surface area contributed by atoms with Crippen LogP contribution in [-0.2, 0) is 16.8 Å². The molecule has 3 rings (SSSR count). The molecular weight excluding hydrogens is 480 g/mol. The number of amides is 2. The number of nitriles is 1. The van der Waals surface area contributed by atoms with E-state index in [0.717, 1.165) is 5.56 Å². The number of hydrogen-bond acceptors (Lipinski definition) is 7. The minimum absolute atomic E-state index is 0.0148. The standard InChI is InChI=1S/C21H25BrN6O4/c1-2-32-20(31)25-19-15(18(24)30)13-28(26-19)21(5-8-23)6-9-27(10-7-21)12-14-3-4-16(22)17(29)11-14/h3-4,11,13,29H,2,5-7,9-10,12H2,1H3,(H2,24,30)(H,25,26,31). The minimum Gasteiger partial charge on any atom is -0.507 e. The Kier molecular flexibility index (Phi) is 7.37. The van der Waals surface area contributed by atoms with Crippen LogP contribution in [0, 0.1) is 11.3 Å². The third-order valence-corrected chi connectivity index (χ3v) is 6.24. The lowest BCUT2D eigenvalue weighted by Crippen LogP contribution is -2.46. The van der Waals surface area contributed by atoms with Gasteiger partial charge in [0.05, 0.1) is 29.1 Å². The molecule has 0 unspecified atom stereocenters. The van der Waals surface area contributed by atoms with Crippen molar-refractivity contribution >= 4 is 33.7 Å². The van der Waals surface area contributed by atoms with Gasteiger partial charge in [0.25, 0.3) is 5.91 Å². The van der Waals surface area contributed by atoms with E-state index in [1.54, 1.807) is 17.7 Å². The largest absolute Gasteiger partial charge is 0.507 e. The molecule has 1 aliphatic rings. The number of nitrogens with two attached hydrogens (primary N) is 1. The number of anilines is 1. The molecule has 2 aromatic rings.